The number of rotatable bonds is 5. The molecule has 1 aromatic carbocycles. The summed E-state index contributed by atoms with van der Waals surface area (Å²) in [6.45, 7) is 2.78. The molecule has 0 N–H and O–H groups in total. The van der Waals surface area contributed by atoms with Crippen LogP contribution < -0.4 is 0 Å². The summed E-state index contributed by atoms with van der Waals surface area (Å²) in [5, 5.41) is 4.32. The van der Waals surface area contributed by atoms with Gasteiger partial charge in [-0.25, -0.2) is 4.98 Å². The lowest BCUT2D eigenvalue weighted by Gasteiger charge is -2.22. The number of likely N-dealkylation sites (tertiary alicyclic amines) is 1. The van der Waals surface area contributed by atoms with E-state index in [-0.39, 0.29) is 0 Å². The van der Waals surface area contributed by atoms with E-state index < -0.39 is 0 Å². The largest absolute Gasteiger partial charge is 0.439 e. The van der Waals surface area contributed by atoms with Gasteiger partial charge in [0.1, 0.15) is 0 Å². The third-order valence-corrected chi connectivity index (χ3v) is 4.41. The molecule has 4 rings (SSSR count). The minimum atomic E-state index is 0.502. The molecule has 5 nitrogen and oxygen atoms in total. The Morgan fingerprint density at radius 2 is 2.09 bits per heavy atom. The van der Waals surface area contributed by atoms with Gasteiger partial charge in [-0.1, -0.05) is 30.3 Å². The number of oxazole rings is 1. The zero-order chi connectivity index (χ0) is 15.5. The Labute approximate surface area is 135 Å². The van der Waals surface area contributed by atoms with Gasteiger partial charge in [-0.3, -0.25) is 9.58 Å². The quantitative estimate of drug-likeness (QED) is 0.726. The molecule has 0 amide bonds. The topological polar surface area (TPSA) is 47.1 Å². The van der Waals surface area contributed by atoms with E-state index in [1.165, 1.54) is 12.8 Å². The highest BCUT2D eigenvalue weighted by Gasteiger charge is 2.26. The summed E-state index contributed by atoms with van der Waals surface area (Å²) in [7, 11) is 0. The molecule has 3 heterocycles. The maximum Gasteiger partial charge on any atom is 0.209 e. The van der Waals surface area contributed by atoms with Gasteiger partial charge in [0, 0.05) is 24.0 Å². The van der Waals surface area contributed by atoms with Crippen LogP contribution in [0.2, 0.25) is 0 Å². The van der Waals surface area contributed by atoms with E-state index in [0.29, 0.717) is 6.04 Å². The first-order chi connectivity index (χ1) is 11.4. The maximum atomic E-state index is 5.94. The predicted molar refractivity (Wildman–Crippen MR) is 87.6 cm³/mol. The smallest absolute Gasteiger partial charge is 0.209 e. The molecule has 23 heavy (non-hydrogen) atoms. The van der Waals surface area contributed by atoms with Crippen LogP contribution in [-0.2, 0) is 13.1 Å². The van der Waals surface area contributed by atoms with Crippen molar-refractivity contribution >= 4 is 0 Å². The third kappa shape index (κ3) is 3.19. The summed E-state index contributed by atoms with van der Waals surface area (Å²) in [4.78, 5) is 6.90. The van der Waals surface area contributed by atoms with Crippen molar-refractivity contribution in [1.82, 2.24) is 19.7 Å². The lowest BCUT2D eigenvalue weighted by molar-refractivity contribution is 0.200. The minimum absolute atomic E-state index is 0.502. The first kappa shape index (κ1) is 14.2. The highest BCUT2D eigenvalue weighted by molar-refractivity contribution is 5.55. The average molecular weight is 308 g/mol. The van der Waals surface area contributed by atoms with Crippen LogP contribution in [0.5, 0.6) is 0 Å². The molecule has 1 atom stereocenters. The van der Waals surface area contributed by atoms with Gasteiger partial charge < -0.3 is 4.42 Å². The van der Waals surface area contributed by atoms with E-state index in [4.69, 9.17) is 4.42 Å². The zero-order valence-corrected chi connectivity index (χ0v) is 13.0. The Hall–Kier alpha value is -2.40. The molecule has 1 aliphatic rings. The Bertz CT molecular complexity index is 735. The van der Waals surface area contributed by atoms with Crippen molar-refractivity contribution in [2.45, 2.75) is 32.0 Å². The number of aromatic nitrogens is 3. The van der Waals surface area contributed by atoms with Crippen LogP contribution in [0, 0.1) is 0 Å². The number of nitrogens with zero attached hydrogens (tertiary/aromatic N) is 4. The molecule has 3 aromatic rings. The molecule has 118 valence electrons. The standard InChI is InChI=1S/C18H20N4O/c1-2-6-15(7-3-1)17-12-19-18(23-17)14-21-10-4-8-16(21)13-22-11-5-9-20-22/h1-3,5-7,9,11-12,16H,4,8,10,13-14H2/t16-/m0/s1. The number of benzene rings is 1. The fourth-order valence-corrected chi connectivity index (χ4v) is 3.23. The minimum Gasteiger partial charge on any atom is -0.439 e. The summed E-state index contributed by atoms with van der Waals surface area (Å²) in [6.07, 6.45) is 8.10. The second-order valence-electron chi connectivity index (χ2n) is 5.98. The summed E-state index contributed by atoms with van der Waals surface area (Å²) in [5.41, 5.74) is 1.07. The Balaban J connectivity index is 1.44. The summed E-state index contributed by atoms with van der Waals surface area (Å²) < 4.78 is 7.95. The molecular formula is C18H20N4O. The van der Waals surface area contributed by atoms with Crippen molar-refractivity contribution < 1.29 is 4.42 Å². The molecular weight excluding hydrogens is 288 g/mol. The van der Waals surface area contributed by atoms with Crippen LogP contribution in [0.25, 0.3) is 11.3 Å². The van der Waals surface area contributed by atoms with Gasteiger partial charge in [-0.05, 0) is 25.5 Å². The fourth-order valence-electron chi connectivity index (χ4n) is 3.23. The monoisotopic (exact) mass is 308 g/mol. The number of hydrogen-bond acceptors (Lipinski definition) is 4. The van der Waals surface area contributed by atoms with E-state index in [1.54, 1.807) is 0 Å². The van der Waals surface area contributed by atoms with E-state index in [9.17, 15) is 0 Å². The van der Waals surface area contributed by atoms with Gasteiger partial charge in [0.2, 0.25) is 5.89 Å². The number of hydrogen-bond donors (Lipinski definition) is 0. The van der Waals surface area contributed by atoms with Gasteiger partial charge in [-0.15, -0.1) is 0 Å². The lowest BCUT2D eigenvalue weighted by atomic mass is 10.2. The Morgan fingerprint density at radius 1 is 1.17 bits per heavy atom. The van der Waals surface area contributed by atoms with Crippen molar-refractivity contribution in [3.05, 3.63) is 60.9 Å². The van der Waals surface area contributed by atoms with Gasteiger partial charge >= 0.3 is 0 Å². The molecule has 1 saturated heterocycles. The lowest BCUT2D eigenvalue weighted by Crippen LogP contribution is -2.32. The maximum absolute atomic E-state index is 5.94. The van der Waals surface area contributed by atoms with Crippen LogP contribution in [0.1, 0.15) is 18.7 Å². The molecule has 0 aliphatic carbocycles. The summed E-state index contributed by atoms with van der Waals surface area (Å²) in [5.74, 6) is 1.62. The van der Waals surface area contributed by atoms with E-state index >= 15 is 0 Å². The van der Waals surface area contributed by atoms with Gasteiger partial charge in [0.05, 0.1) is 19.3 Å². The molecule has 0 spiro atoms. The SMILES string of the molecule is c1ccc(-c2cnc(CN3CCC[C@H]3Cn3cccn3)o2)cc1. The second-order valence-corrected chi connectivity index (χ2v) is 5.98. The molecule has 5 heteroatoms. The molecule has 1 fully saturated rings. The van der Waals surface area contributed by atoms with Crippen LogP contribution in [-0.4, -0.2) is 32.3 Å². The normalized spacial score (nSPS) is 18.5. The van der Waals surface area contributed by atoms with E-state index in [1.807, 2.05) is 59.7 Å². The third-order valence-electron chi connectivity index (χ3n) is 4.41. The van der Waals surface area contributed by atoms with Gasteiger partial charge in [0.15, 0.2) is 5.76 Å². The molecule has 0 unspecified atom stereocenters. The molecule has 0 saturated carbocycles. The van der Waals surface area contributed by atoms with Crippen molar-refractivity contribution in [3.63, 3.8) is 0 Å². The zero-order valence-electron chi connectivity index (χ0n) is 13.0. The van der Waals surface area contributed by atoms with Crippen molar-refractivity contribution in [3.8, 4) is 11.3 Å². The van der Waals surface area contributed by atoms with E-state index in [0.717, 1.165) is 36.8 Å². The van der Waals surface area contributed by atoms with Crippen LogP contribution in [0.15, 0.2) is 59.4 Å². The van der Waals surface area contributed by atoms with Crippen molar-refractivity contribution in [1.29, 1.82) is 0 Å². The highest BCUT2D eigenvalue weighted by atomic mass is 16.4. The van der Waals surface area contributed by atoms with E-state index in [2.05, 4.69) is 15.0 Å². The molecule has 1 aliphatic heterocycles. The van der Waals surface area contributed by atoms with Crippen molar-refractivity contribution in [2.75, 3.05) is 6.54 Å². The first-order valence-electron chi connectivity index (χ1n) is 8.10. The predicted octanol–water partition coefficient (Wildman–Crippen LogP) is 3.20. The summed E-state index contributed by atoms with van der Waals surface area (Å²) in [6, 6.07) is 12.6. The average Bonchev–Trinajstić information content (AvgIpc) is 3.33. The van der Waals surface area contributed by atoms with Crippen LogP contribution in [0.4, 0.5) is 0 Å². The fraction of sp³-hybridized carbons (Fsp3) is 0.333. The van der Waals surface area contributed by atoms with Crippen LogP contribution >= 0.6 is 0 Å². The molecule has 2 aromatic heterocycles. The van der Waals surface area contributed by atoms with Crippen LogP contribution in [0.3, 0.4) is 0 Å². The van der Waals surface area contributed by atoms with Crippen molar-refractivity contribution in [2.24, 2.45) is 0 Å². The Morgan fingerprint density at radius 3 is 2.91 bits per heavy atom. The molecule has 0 bridgehead atoms. The highest BCUT2D eigenvalue weighted by Crippen LogP contribution is 2.24. The second kappa shape index (κ2) is 6.38. The first-order valence-corrected chi connectivity index (χ1v) is 8.10. The van der Waals surface area contributed by atoms with Gasteiger partial charge in [0.25, 0.3) is 0 Å². The summed E-state index contributed by atoms with van der Waals surface area (Å²) >= 11 is 0. The molecule has 0 radical (unpaired) electrons. The Kier molecular flexibility index (Phi) is 3.94. The van der Waals surface area contributed by atoms with Gasteiger partial charge in [-0.2, -0.15) is 5.10 Å².